The number of carboxylic acids is 1. The molecule has 1 atom stereocenters. The molecule has 0 aromatic carbocycles. The van der Waals surface area contributed by atoms with E-state index < -0.39 is 24.7 Å². The highest BCUT2D eigenvalue weighted by molar-refractivity contribution is 5.76. The van der Waals surface area contributed by atoms with Gasteiger partial charge in [-0.2, -0.15) is 13.2 Å². The summed E-state index contributed by atoms with van der Waals surface area (Å²) in [6.07, 6.45) is -3.99. The zero-order valence-electron chi connectivity index (χ0n) is 12.2. The fourth-order valence-electron chi connectivity index (χ4n) is 1.85. The van der Waals surface area contributed by atoms with Gasteiger partial charge in [0.05, 0.1) is 6.61 Å². The van der Waals surface area contributed by atoms with E-state index >= 15 is 0 Å². The van der Waals surface area contributed by atoms with Crippen LogP contribution in [0.2, 0.25) is 0 Å². The summed E-state index contributed by atoms with van der Waals surface area (Å²) in [5.41, 5.74) is 0. The molecule has 1 amide bonds. The second-order valence-electron chi connectivity index (χ2n) is 5.32. The van der Waals surface area contributed by atoms with Gasteiger partial charge in [0.1, 0.15) is 6.61 Å². The highest BCUT2D eigenvalue weighted by atomic mass is 19.4. The van der Waals surface area contributed by atoms with Gasteiger partial charge in [-0.15, -0.1) is 0 Å². The van der Waals surface area contributed by atoms with Crippen molar-refractivity contribution in [3.8, 4) is 0 Å². The minimum Gasteiger partial charge on any atom is -0.481 e. The van der Waals surface area contributed by atoms with Gasteiger partial charge in [0, 0.05) is 19.4 Å². The van der Waals surface area contributed by atoms with Crippen molar-refractivity contribution < 1.29 is 32.6 Å². The summed E-state index contributed by atoms with van der Waals surface area (Å²) >= 11 is 0. The van der Waals surface area contributed by atoms with E-state index in [1.165, 1.54) is 0 Å². The van der Waals surface area contributed by atoms with E-state index in [-0.39, 0.29) is 31.9 Å². The molecule has 0 saturated carbocycles. The van der Waals surface area contributed by atoms with Crippen molar-refractivity contribution in [2.24, 2.45) is 11.8 Å². The molecule has 0 aliphatic carbocycles. The van der Waals surface area contributed by atoms with Crippen molar-refractivity contribution >= 4 is 11.9 Å². The highest BCUT2D eigenvalue weighted by Gasteiger charge is 2.27. The molecule has 0 heterocycles. The molecule has 8 heteroatoms. The van der Waals surface area contributed by atoms with Crippen molar-refractivity contribution in [2.75, 3.05) is 19.8 Å². The Kier molecular flexibility index (Phi) is 9.00. The Balaban J connectivity index is 3.93. The van der Waals surface area contributed by atoms with E-state index in [0.29, 0.717) is 12.3 Å². The second-order valence-corrected chi connectivity index (χ2v) is 5.32. The highest BCUT2D eigenvalue weighted by Crippen LogP contribution is 2.15. The molecule has 0 saturated heterocycles. The summed E-state index contributed by atoms with van der Waals surface area (Å²) in [5.74, 6) is -1.29. The molecule has 0 fully saturated rings. The van der Waals surface area contributed by atoms with Gasteiger partial charge in [-0.25, -0.2) is 0 Å². The van der Waals surface area contributed by atoms with Crippen molar-refractivity contribution in [3.63, 3.8) is 0 Å². The van der Waals surface area contributed by atoms with Gasteiger partial charge in [-0.05, 0) is 18.3 Å². The maximum absolute atomic E-state index is 11.8. The average molecular weight is 313 g/mol. The van der Waals surface area contributed by atoms with Gasteiger partial charge < -0.3 is 15.2 Å². The number of carbonyl (C=O) groups excluding carboxylic acids is 1. The molecule has 21 heavy (non-hydrogen) atoms. The predicted molar refractivity (Wildman–Crippen MR) is 69.7 cm³/mol. The first-order valence-electron chi connectivity index (χ1n) is 6.73. The van der Waals surface area contributed by atoms with E-state index in [2.05, 4.69) is 10.1 Å². The van der Waals surface area contributed by atoms with E-state index in [9.17, 15) is 22.8 Å². The fourth-order valence-corrected chi connectivity index (χ4v) is 1.85. The van der Waals surface area contributed by atoms with Crippen LogP contribution in [-0.2, 0) is 14.3 Å². The lowest BCUT2D eigenvalue weighted by molar-refractivity contribution is -0.174. The number of hydrogen-bond acceptors (Lipinski definition) is 3. The Hall–Kier alpha value is -1.31. The first-order chi connectivity index (χ1) is 9.60. The summed E-state index contributed by atoms with van der Waals surface area (Å²) in [6.45, 7) is 2.39. The van der Waals surface area contributed by atoms with Crippen LogP contribution in [0.5, 0.6) is 0 Å². The van der Waals surface area contributed by atoms with E-state index in [4.69, 9.17) is 5.11 Å². The molecule has 124 valence electrons. The van der Waals surface area contributed by atoms with Crippen LogP contribution in [0.25, 0.3) is 0 Å². The van der Waals surface area contributed by atoms with Crippen LogP contribution in [0.15, 0.2) is 0 Å². The zero-order valence-corrected chi connectivity index (χ0v) is 12.2. The molecular weight excluding hydrogens is 291 g/mol. The molecule has 0 bridgehead atoms. The SMILES string of the molecule is CC(C)CC(CNC(=O)CCOCC(F)(F)F)CC(=O)O. The minimum atomic E-state index is -4.40. The number of carboxylic acid groups (broad SMARTS) is 1. The summed E-state index contributed by atoms with van der Waals surface area (Å²) < 4.78 is 39.7. The van der Waals surface area contributed by atoms with Gasteiger partial charge in [0.2, 0.25) is 5.91 Å². The molecule has 0 rings (SSSR count). The second kappa shape index (κ2) is 9.59. The fraction of sp³-hybridized carbons (Fsp3) is 0.846. The van der Waals surface area contributed by atoms with Gasteiger partial charge in [-0.1, -0.05) is 13.8 Å². The minimum absolute atomic E-state index is 0.0525. The van der Waals surface area contributed by atoms with Crippen LogP contribution in [0, 0.1) is 11.8 Å². The van der Waals surface area contributed by atoms with Crippen molar-refractivity contribution in [2.45, 2.75) is 39.3 Å². The van der Waals surface area contributed by atoms with Crippen molar-refractivity contribution in [1.29, 1.82) is 0 Å². The molecule has 0 radical (unpaired) electrons. The number of rotatable bonds is 10. The molecule has 0 aromatic heterocycles. The van der Waals surface area contributed by atoms with Crippen LogP contribution in [-0.4, -0.2) is 42.9 Å². The van der Waals surface area contributed by atoms with Gasteiger partial charge in [0.15, 0.2) is 0 Å². The van der Waals surface area contributed by atoms with Gasteiger partial charge in [-0.3, -0.25) is 9.59 Å². The average Bonchev–Trinajstić information content (AvgIpc) is 2.29. The molecule has 5 nitrogen and oxygen atoms in total. The lowest BCUT2D eigenvalue weighted by atomic mass is 9.94. The first kappa shape index (κ1) is 19.7. The quantitative estimate of drug-likeness (QED) is 0.606. The number of ether oxygens (including phenoxy) is 1. The standard InChI is InChI=1S/C13H22F3NO4/c1-9(2)5-10(6-12(19)20)7-17-11(18)3-4-21-8-13(14,15)16/h9-10H,3-8H2,1-2H3,(H,17,18)(H,19,20). The summed E-state index contributed by atoms with van der Waals surface area (Å²) in [6, 6.07) is 0. The molecule has 2 N–H and O–H groups in total. The Labute approximate surface area is 121 Å². The third-order valence-corrected chi connectivity index (χ3v) is 2.60. The van der Waals surface area contributed by atoms with Crippen molar-refractivity contribution in [3.05, 3.63) is 0 Å². The molecule has 0 aliphatic rings. The maximum Gasteiger partial charge on any atom is 0.411 e. The number of alkyl halides is 3. The van der Waals surface area contributed by atoms with Gasteiger partial charge in [0.25, 0.3) is 0 Å². The van der Waals surface area contributed by atoms with Crippen LogP contribution in [0.3, 0.4) is 0 Å². The van der Waals surface area contributed by atoms with E-state index in [0.717, 1.165) is 0 Å². The molecule has 0 aliphatic heterocycles. The molecule has 1 unspecified atom stereocenters. The normalized spacial score (nSPS) is 13.2. The van der Waals surface area contributed by atoms with Crippen LogP contribution in [0.4, 0.5) is 13.2 Å². The third-order valence-electron chi connectivity index (χ3n) is 2.60. The largest absolute Gasteiger partial charge is 0.481 e. The molecule has 0 aromatic rings. The number of amides is 1. The Morgan fingerprint density at radius 1 is 1.29 bits per heavy atom. The smallest absolute Gasteiger partial charge is 0.411 e. The number of carbonyl (C=O) groups is 2. The molecular formula is C13H22F3NO4. The lowest BCUT2D eigenvalue weighted by Crippen LogP contribution is -2.32. The Morgan fingerprint density at radius 2 is 1.90 bits per heavy atom. The number of hydrogen-bond donors (Lipinski definition) is 2. The third kappa shape index (κ3) is 13.4. The number of halogens is 3. The van der Waals surface area contributed by atoms with Gasteiger partial charge >= 0.3 is 12.1 Å². The number of aliphatic carboxylic acids is 1. The topological polar surface area (TPSA) is 75.6 Å². The maximum atomic E-state index is 11.8. The summed E-state index contributed by atoms with van der Waals surface area (Å²) in [7, 11) is 0. The predicted octanol–water partition coefficient (Wildman–Crippen LogP) is 2.21. The Morgan fingerprint density at radius 3 is 2.38 bits per heavy atom. The van der Waals surface area contributed by atoms with Crippen molar-refractivity contribution in [1.82, 2.24) is 5.32 Å². The van der Waals surface area contributed by atoms with E-state index in [1.54, 1.807) is 0 Å². The Bertz CT molecular complexity index is 332. The van der Waals surface area contributed by atoms with Crippen LogP contribution >= 0.6 is 0 Å². The monoisotopic (exact) mass is 313 g/mol. The van der Waals surface area contributed by atoms with Crippen LogP contribution < -0.4 is 5.32 Å². The lowest BCUT2D eigenvalue weighted by Gasteiger charge is -2.17. The zero-order chi connectivity index (χ0) is 16.5. The number of nitrogens with one attached hydrogen (secondary N) is 1. The summed E-state index contributed by atoms with van der Waals surface area (Å²) in [5, 5.41) is 11.3. The van der Waals surface area contributed by atoms with E-state index in [1.807, 2.05) is 13.8 Å². The first-order valence-corrected chi connectivity index (χ1v) is 6.73. The van der Waals surface area contributed by atoms with Crippen LogP contribution in [0.1, 0.15) is 33.1 Å². The summed E-state index contributed by atoms with van der Waals surface area (Å²) in [4.78, 5) is 22.1. The molecule has 0 spiro atoms.